The highest BCUT2D eigenvalue weighted by Gasteiger charge is 2.43. The summed E-state index contributed by atoms with van der Waals surface area (Å²) in [6.45, 7) is 2.45. The van der Waals surface area contributed by atoms with Gasteiger partial charge in [0.05, 0.1) is 0 Å². The molecule has 9 heteroatoms. The van der Waals surface area contributed by atoms with Crippen LogP contribution in [0.15, 0.2) is 48.8 Å². The minimum absolute atomic E-state index is 0.0162. The zero-order chi connectivity index (χ0) is 23.4. The Kier molecular flexibility index (Phi) is 6.88. The van der Waals surface area contributed by atoms with Crippen LogP contribution in [0.1, 0.15) is 41.6 Å². The molecule has 1 atom stereocenters. The number of amides is 4. The quantitative estimate of drug-likeness (QED) is 0.659. The fraction of sp³-hybridized carbons (Fsp3) is 0.417. The predicted octanol–water partition coefficient (Wildman–Crippen LogP) is 2.09. The van der Waals surface area contributed by atoms with E-state index in [1.54, 1.807) is 18.2 Å². The lowest BCUT2D eigenvalue weighted by molar-refractivity contribution is -0.128. The van der Waals surface area contributed by atoms with Gasteiger partial charge in [-0.15, -0.1) is 0 Å². The van der Waals surface area contributed by atoms with Gasteiger partial charge in [-0.05, 0) is 62.4 Å². The van der Waals surface area contributed by atoms with E-state index >= 15 is 0 Å². The molecule has 174 valence electrons. The summed E-state index contributed by atoms with van der Waals surface area (Å²) in [5.74, 6) is -0.663. The minimum Gasteiger partial charge on any atom is -0.350 e. The number of urea groups is 1. The Morgan fingerprint density at radius 2 is 1.70 bits per heavy atom. The van der Waals surface area contributed by atoms with Crippen LogP contribution >= 0.6 is 0 Å². The van der Waals surface area contributed by atoms with Gasteiger partial charge in [-0.1, -0.05) is 12.1 Å². The van der Waals surface area contributed by atoms with Gasteiger partial charge in [0.15, 0.2) is 6.17 Å². The second kappa shape index (κ2) is 9.99. The molecule has 4 N–H and O–H groups in total. The van der Waals surface area contributed by atoms with Gasteiger partial charge in [0, 0.05) is 48.8 Å². The van der Waals surface area contributed by atoms with Crippen molar-refractivity contribution in [2.75, 3.05) is 18.4 Å². The van der Waals surface area contributed by atoms with Crippen LogP contribution in [-0.4, -0.2) is 64.0 Å². The van der Waals surface area contributed by atoms with Crippen molar-refractivity contribution in [2.24, 2.45) is 5.73 Å². The minimum atomic E-state index is -1.04. The van der Waals surface area contributed by atoms with Crippen molar-refractivity contribution >= 4 is 23.5 Å². The van der Waals surface area contributed by atoms with E-state index in [9.17, 15) is 14.4 Å². The molecular formula is C24H30N6O3. The highest BCUT2D eigenvalue weighted by atomic mass is 16.2. The molecule has 1 aromatic heterocycles. The molecular weight excluding hydrogens is 420 g/mol. The highest BCUT2D eigenvalue weighted by molar-refractivity contribution is 6.00. The molecule has 0 bridgehead atoms. The van der Waals surface area contributed by atoms with Crippen molar-refractivity contribution in [3.8, 4) is 0 Å². The van der Waals surface area contributed by atoms with E-state index < -0.39 is 12.2 Å². The van der Waals surface area contributed by atoms with Crippen molar-refractivity contribution in [1.29, 1.82) is 0 Å². The van der Waals surface area contributed by atoms with Crippen LogP contribution in [0.5, 0.6) is 0 Å². The molecule has 2 fully saturated rings. The largest absolute Gasteiger partial charge is 0.350 e. The lowest BCUT2D eigenvalue weighted by Gasteiger charge is -2.32. The summed E-state index contributed by atoms with van der Waals surface area (Å²) in [6, 6.07) is 10.4. The van der Waals surface area contributed by atoms with Crippen molar-refractivity contribution in [3.05, 3.63) is 59.9 Å². The number of nitrogens with zero attached hydrogens (tertiary/aromatic N) is 3. The van der Waals surface area contributed by atoms with Crippen LogP contribution in [0.25, 0.3) is 0 Å². The standard InChI is InChI=1S/C24H30N6O3/c1-16-3-2-4-20(15-16)28-24(33)30-14-13-29(23(32)17-9-11-26-12-10-17)22(30)21(31)27-19-7-5-18(25)6-8-19/h2-4,9-12,15,18-19,22H,5-8,13-14,25H2,1H3,(H,27,31)(H,28,33). The Hall–Kier alpha value is -3.46. The maximum absolute atomic E-state index is 13.4. The van der Waals surface area contributed by atoms with Gasteiger partial charge >= 0.3 is 6.03 Å². The van der Waals surface area contributed by atoms with E-state index in [4.69, 9.17) is 5.73 Å². The first-order chi connectivity index (χ1) is 15.9. The molecule has 9 nitrogen and oxygen atoms in total. The third kappa shape index (κ3) is 5.31. The van der Waals surface area contributed by atoms with E-state index in [0.29, 0.717) is 11.3 Å². The van der Waals surface area contributed by atoms with Crippen LogP contribution in [-0.2, 0) is 4.79 Å². The van der Waals surface area contributed by atoms with Crippen LogP contribution < -0.4 is 16.4 Å². The van der Waals surface area contributed by atoms with Crippen molar-refractivity contribution < 1.29 is 14.4 Å². The SMILES string of the molecule is Cc1cccc(NC(=O)N2CCN(C(=O)c3ccncc3)C2C(=O)NC2CCC(N)CC2)c1. The Bertz CT molecular complexity index is 1010. The maximum Gasteiger partial charge on any atom is 0.323 e. The fourth-order valence-corrected chi connectivity index (χ4v) is 4.45. The molecule has 4 amide bonds. The fourth-order valence-electron chi connectivity index (χ4n) is 4.45. The first-order valence-corrected chi connectivity index (χ1v) is 11.3. The van der Waals surface area contributed by atoms with E-state index in [2.05, 4.69) is 15.6 Å². The van der Waals surface area contributed by atoms with Crippen LogP contribution in [0.4, 0.5) is 10.5 Å². The highest BCUT2D eigenvalue weighted by Crippen LogP contribution is 2.22. The first kappa shape index (κ1) is 22.7. The topological polar surface area (TPSA) is 121 Å². The summed E-state index contributed by atoms with van der Waals surface area (Å²) >= 11 is 0. The zero-order valence-electron chi connectivity index (χ0n) is 18.7. The molecule has 0 radical (unpaired) electrons. The Labute approximate surface area is 193 Å². The molecule has 0 spiro atoms. The number of carbonyl (C=O) groups is 3. The zero-order valence-corrected chi connectivity index (χ0v) is 18.7. The summed E-state index contributed by atoms with van der Waals surface area (Å²) in [5.41, 5.74) is 8.06. The molecule has 4 rings (SSSR count). The number of nitrogens with two attached hydrogens (primary N) is 1. The normalized spacial score (nSPS) is 22.7. The van der Waals surface area contributed by atoms with Crippen molar-refractivity contribution in [3.63, 3.8) is 0 Å². The Morgan fingerprint density at radius 3 is 2.39 bits per heavy atom. The molecule has 2 aliphatic rings. The van der Waals surface area contributed by atoms with Gasteiger partial charge in [-0.3, -0.25) is 19.5 Å². The van der Waals surface area contributed by atoms with Crippen LogP contribution in [0.3, 0.4) is 0 Å². The molecule has 1 aliphatic carbocycles. The Morgan fingerprint density at radius 1 is 1.00 bits per heavy atom. The second-order valence-electron chi connectivity index (χ2n) is 8.72. The van der Waals surface area contributed by atoms with Gasteiger partial charge < -0.3 is 21.3 Å². The molecule has 33 heavy (non-hydrogen) atoms. The lowest BCUT2D eigenvalue weighted by Crippen LogP contribution is -2.56. The molecule has 1 aliphatic heterocycles. The van der Waals surface area contributed by atoms with E-state index in [0.717, 1.165) is 31.2 Å². The molecule has 2 heterocycles. The number of aryl methyl sites for hydroxylation is 1. The van der Waals surface area contributed by atoms with Gasteiger partial charge in [-0.25, -0.2) is 4.79 Å². The number of rotatable bonds is 4. The Balaban J connectivity index is 1.54. The molecule has 1 unspecified atom stereocenters. The van der Waals surface area contributed by atoms with E-state index in [1.807, 2.05) is 25.1 Å². The molecule has 2 aromatic rings. The number of anilines is 1. The average molecular weight is 451 g/mol. The van der Waals surface area contributed by atoms with E-state index in [-0.39, 0.29) is 37.0 Å². The summed E-state index contributed by atoms with van der Waals surface area (Å²) in [5, 5.41) is 5.91. The van der Waals surface area contributed by atoms with E-state index in [1.165, 1.54) is 22.2 Å². The average Bonchev–Trinajstić information content (AvgIpc) is 3.26. The number of benzene rings is 1. The van der Waals surface area contributed by atoms with Crippen LogP contribution in [0.2, 0.25) is 0 Å². The number of hydrogen-bond acceptors (Lipinski definition) is 5. The maximum atomic E-state index is 13.4. The van der Waals surface area contributed by atoms with Gasteiger partial charge in [-0.2, -0.15) is 0 Å². The van der Waals surface area contributed by atoms with Gasteiger partial charge in [0.25, 0.3) is 11.8 Å². The monoisotopic (exact) mass is 450 g/mol. The third-order valence-electron chi connectivity index (χ3n) is 6.24. The number of aromatic nitrogens is 1. The summed E-state index contributed by atoms with van der Waals surface area (Å²) in [6.07, 6.45) is 5.28. The predicted molar refractivity (Wildman–Crippen MR) is 124 cm³/mol. The second-order valence-corrected chi connectivity index (χ2v) is 8.72. The molecule has 1 saturated heterocycles. The third-order valence-corrected chi connectivity index (χ3v) is 6.24. The molecule has 1 saturated carbocycles. The van der Waals surface area contributed by atoms with Gasteiger partial charge in [0.2, 0.25) is 0 Å². The van der Waals surface area contributed by atoms with Crippen molar-refractivity contribution in [2.45, 2.75) is 50.9 Å². The number of nitrogens with one attached hydrogen (secondary N) is 2. The number of pyridine rings is 1. The summed E-state index contributed by atoms with van der Waals surface area (Å²) in [7, 11) is 0. The molecule has 1 aromatic carbocycles. The lowest BCUT2D eigenvalue weighted by atomic mass is 9.92. The number of carbonyl (C=O) groups excluding carboxylic acids is 3. The van der Waals surface area contributed by atoms with Crippen molar-refractivity contribution in [1.82, 2.24) is 20.1 Å². The van der Waals surface area contributed by atoms with Crippen LogP contribution in [0, 0.1) is 6.92 Å². The smallest absolute Gasteiger partial charge is 0.323 e. The first-order valence-electron chi connectivity index (χ1n) is 11.3. The van der Waals surface area contributed by atoms with Gasteiger partial charge in [0.1, 0.15) is 0 Å². The summed E-state index contributed by atoms with van der Waals surface area (Å²) < 4.78 is 0. The summed E-state index contributed by atoms with van der Waals surface area (Å²) in [4.78, 5) is 46.6. The number of hydrogen-bond donors (Lipinski definition) is 3.